The van der Waals surface area contributed by atoms with Gasteiger partial charge in [0.15, 0.2) is 0 Å². The summed E-state index contributed by atoms with van der Waals surface area (Å²) in [7, 11) is 0. The van der Waals surface area contributed by atoms with Gasteiger partial charge in [-0.3, -0.25) is 4.79 Å². The minimum atomic E-state index is 0.198. The maximum absolute atomic E-state index is 10.5. The van der Waals surface area contributed by atoms with Crippen LogP contribution in [0.3, 0.4) is 0 Å². The van der Waals surface area contributed by atoms with E-state index in [9.17, 15) is 4.79 Å². The fraction of sp³-hybridized carbons (Fsp3) is 0.800. The highest BCUT2D eigenvalue weighted by Crippen LogP contribution is 2.13. The van der Waals surface area contributed by atoms with E-state index in [1.165, 1.54) is 0 Å². The average molecular weight is 131 g/mol. The Balaban J connectivity index is 2.32. The highest BCUT2D eigenvalue weighted by molar-refractivity contribution is 7.99. The topological polar surface area (TPSA) is 29.1 Å². The van der Waals surface area contributed by atoms with E-state index in [0.29, 0.717) is 11.7 Å². The summed E-state index contributed by atoms with van der Waals surface area (Å²) in [6, 6.07) is 0. The van der Waals surface area contributed by atoms with E-state index in [2.05, 4.69) is 5.32 Å². The normalized spacial score (nSPS) is 28.1. The largest absolute Gasteiger partial charge is 0.355 e. The average Bonchev–Trinajstić information content (AvgIpc) is 2.14. The zero-order valence-electron chi connectivity index (χ0n) is 4.81. The van der Waals surface area contributed by atoms with Gasteiger partial charge in [-0.1, -0.05) is 0 Å². The Kier molecular flexibility index (Phi) is 1.78. The molecule has 3 heteroatoms. The first-order chi connectivity index (χ1) is 3.83. The second kappa shape index (κ2) is 2.40. The molecule has 1 unspecified atom stereocenters. The fourth-order valence-electron chi connectivity index (χ4n) is 0.745. The zero-order valence-corrected chi connectivity index (χ0v) is 5.62. The van der Waals surface area contributed by atoms with Crippen LogP contribution in [0.5, 0.6) is 0 Å². The lowest BCUT2D eigenvalue weighted by molar-refractivity contribution is -0.119. The highest BCUT2D eigenvalue weighted by Gasteiger charge is 2.19. The van der Waals surface area contributed by atoms with Crippen molar-refractivity contribution < 1.29 is 4.79 Å². The molecule has 0 aromatic rings. The van der Waals surface area contributed by atoms with Crippen molar-refractivity contribution in [3.63, 3.8) is 0 Å². The Morgan fingerprint density at radius 2 is 2.62 bits per heavy atom. The lowest BCUT2D eigenvalue weighted by Gasteiger charge is -1.97. The number of hydrogen-bond acceptors (Lipinski definition) is 2. The molecular weight excluding hydrogens is 122 g/mol. The second-order valence-electron chi connectivity index (χ2n) is 1.87. The van der Waals surface area contributed by atoms with Gasteiger partial charge in [0, 0.05) is 18.2 Å². The third-order valence-corrected chi connectivity index (χ3v) is 2.27. The molecule has 46 valence electrons. The maximum Gasteiger partial charge on any atom is 0.221 e. The van der Waals surface area contributed by atoms with Crippen LogP contribution < -0.4 is 5.32 Å². The predicted octanol–water partition coefficient (Wildman–Crippen LogP) is 0.238. The van der Waals surface area contributed by atoms with E-state index in [4.69, 9.17) is 0 Å². The molecule has 1 atom stereocenters. The molecule has 1 heterocycles. The predicted molar refractivity (Wildman–Crippen MR) is 34.9 cm³/mol. The molecular formula is C5H9NOS. The Hall–Kier alpha value is -0.180. The zero-order chi connectivity index (χ0) is 5.98. The molecule has 0 aromatic heterocycles. The molecule has 2 nitrogen and oxygen atoms in total. The molecule has 0 aliphatic carbocycles. The molecule has 8 heavy (non-hydrogen) atoms. The van der Waals surface area contributed by atoms with E-state index < -0.39 is 0 Å². The summed E-state index contributed by atoms with van der Waals surface area (Å²) >= 11 is 1.75. The number of thioether (sulfide) groups is 1. The Morgan fingerprint density at radius 3 is 2.88 bits per heavy atom. The van der Waals surface area contributed by atoms with Crippen LogP contribution in [0.15, 0.2) is 0 Å². The van der Waals surface area contributed by atoms with Crippen molar-refractivity contribution in [2.24, 2.45) is 0 Å². The monoisotopic (exact) mass is 131 g/mol. The van der Waals surface area contributed by atoms with Crippen molar-refractivity contribution in [2.75, 3.05) is 12.8 Å². The first-order valence-electron chi connectivity index (χ1n) is 2.62. The van der Waals surface area contributed by atoms with Crippen LogP contribution in [0.2, 0.25) is 0 Å². The van der Waals surface area contributed by atoms with Crippen LogP contribution in [-0.2, 0) is 4.79 Å². The molecule has 1 aliphatic heterocycles. The van der Waals surface area contributed by atoms with Gasteiger partial charge >= 0.3 is 0 Å². The summed E-state index contributed by atoms with van der Waals surface area (Å²) in [6.45, 7) is 0.861. The molecule has 1 amide bonds. The molecule has 1 saturated heterocycles. The summed E-state index contributed by atoms with van der Waals surface area (Å²) in [5.74, 6) is 0.198. The standard InChI is InChI=1S/C5H9NOS/c1-8-4-2-5(7)6-3-4/h4H,2-3H2,1H3,(H,6,7). The van der Waals surface area contributed by atoms with Crippen molar-refractivity contribution >= 4 is 17.7 Å². The summed E-state index contributed by atoms with van der Waals surface area (Å²) in [5, 5.41) is 3.29. The Labute approximate surface area is 53.0 Å². The number of rotatable bonds is 1. The fourth-order valence-corrected chi connectivity index (χ4v) is 1.31. The van der Waals surface area contributed by atoms with Crippen LogP contribution in [-0.4, -0.2) is 24.0 Å². The molecule has 0 saturated carbocycles. The van der Waals surface area contributed by atoms with Crippen molar-refractivity contribution in [1.29, 1.82) is 0 Å². The van der Waals surface area contributed by atoms with Gasteiger partial charge in [0.25, 0.3) is 0 Å². The molecule has 0 bridgehead atoms. The van der Waals surface area contributed by atoms with Gasteiger partial charge in [0.2, 0.25) is 5.91 Å². The molecule has 1 N–H and O–H groups in total. The van der Waals surface area contributed by atoms with Crippen molar-refractivity contribution in [2.45, 2.75) is 11.7 Å². The van der Waals surface area contributed by atoms with Crippen LogP contribution in [0.1, 0.15) is 6.42 Å². The van der Waals surface area contributed by atoms with Crippen LogP contribution in [0, 0.1) is 0 Å². The van der Waals surface area contributed by atoms with Gasteiger partial charge in [-0.05, 0) is 6.26 Å². The van der Waals surface area contributed by atoms with E-state index in [1.807, 2.05) is 6.26 Å². The number of carbonyl (C=O) groups excluding carboxylic acids is 1. The van der Waals surface area contributed by atoms with Crippen LogP contribution in [0.25, 0.3) is 0 Å². The smallest absolute Gasteiger partial charge is 0.221 e. The summed E-state index contributed by atoms with van der Waals surface area (Å²) in [6.07, 6.45) is 2.74. The Bertz CT molecular complexity index is 105. The third-order valence-electron chi connectivity index (χ3n) is 1.27. The van der Waals surface area contributed by atoms with Crippen LogP contribution >= 0.6 is 11.8 Å². The van der Waals surface area contributed by atoms with Gasteiger partial charge < -0.3 is 5.32 Å². The van der Waals surface area contributed by atoms with Gasteiger partial charge in [-0.15, -0.1) is 0 Å². The maximum atomic E-state index is 10.5. The lowest BCUT2D eigenvalue weighted by Crippen LogP contribution is -2.14. The van der Waals surface area contributed by atoms with Gasteiger partial charge in [-0.2, -0.15) is 11.8 Å². The van der Waals surface area contributed by atoms with Gasteiger partial charge in [-0.25, -0.2) is 0 Å². The van der Waals surface area contributed by atoms with Crippen molar-refractivity contribution in [3.8, 4) is 0 Å². The minimum Gasteiger partial charge on any atom is -0.355 e. The molecule has 1 fully saturated rings. The number of amides is 1. The molecule has 1 rings (SSSR count). The quantitative estimate of drug-likeness (QED) is 0.552. The van der Waals surface area contributed by atoms with Crippen molar-refractivity contribution in [1.82, 2.24) is 5.32 Å². The Morgan fingerprint density at radius 1 is 1.88 bits per heavy atom. The summed E-state index contributed by atoms with van der Waals surface area (Å²) < 4.78 is 0. The number of hydrogen-bond donors (Lipinski definition) is 1. The SMILES string of the molecule is CSC1CNC(=O)C1. The van der Waals surface area contributed by atoms with Gasteiger partial charge in [0.05, 0.1) is 0 Å². The van der Waals surface area contributed by atoms with Crippen LogP contribution in [0.4, 0.5) is 0 Å². The van der Waals surface area contributed by atoms with Gasteiger partial charge in [0.1, 0.15) is 0 Å². The van der Waals surface area contributed by atoms with E-state index >= 15 is 0 Å². The number of nitrogens with one attached hydrogen (secondary N) is 1. The lowest BCUT2D eigenvalue weighted by atomic mass is 10.4. The minimum absolute atomic E-state index is 0.198. The number of carbonyl (C=O) groups is 1. The first kappa shape index (κ1) is 5.95. The van der Waals surface area contributed by atoms with E-state index in [-0.39, 0.29) is 5.91 Å². The third kappa shape index (κ3) is 1.15. The van der Waals surface area contributed by atoms with E-state index in [0.717, 1.165) is 6.54 Å². The molecule has 0 radical (unpaired) electrons. The molecule has 0 aromatic carbocycles. The second-order valence-corrected chi connectivity index (χ2v) is 3.00. The summed E-state index contributed by atoms with van der Waals surface area (Å²) in [5.41, 5.74) is 0. The summed E-state index contributed by atoms with van der Waals surface area (Å²) in [4.78, 5) is 10.5. The highest BCUT2D eigenvalue weighted by atomic mass is 32.2. The molecule has 0 spiro atoms. The van der Waals surface area contributed by atoms with Crippen molar-refractivity contribution in [3.05, 3.63) is 0 Å². The molecule has 1 aliphatic rings. The first-order valence-corrected chi connectivity index (χ1v) is 3.91. The van der Waals surface area contributed by atoms with E-state index in [1.54, 1.807) is 11.8 Å².